The zero-order chi connectivity index (χ0) is 29.3. The molecule has 5 heteroatoms. The van der Waals surface area contributed by atoms with Crippen LogP contribution in [0, 0.1) is 32.1 Å². The minimum Gasteiger partial charge on any atom is -0.494 e. The fourth-order valence-electron chi connectivity index (χ4n) is 7.46. The zero-order valence-electron chi connectivity index (χ0n) is 25.7. The van der Waals surface area contributed by atoms with Gasteiger partial charge in [-0.1, -0.05) is 24.3 Å². The molecule has 42 heavy (non-hydrogen) atoms. The van der Waals surface area contributed by atoms with Crippen molar-refractivity contribution in [2.45, 2.75) is 78.2 Å². The molecular formula is C37H45NO4. The van der Waals surface area contributed by atoms with Gasteiger partial charge in [-0.15, -0.1) is 0 Å². The van der Waals surface area contributed by atoms with Gasteiger partial charge in [-0.05, 0) is 139 Å². The Labute approximate surface area is 251 Å². The Morgan fingerprint density at radius 3 is 2.50 bits per heavy atom. The molecule has 2 aliphatic carbocycles. The summed E-state index contributed by atoms with van der Waals surface area (Å²) in [5.41, 5.74) is 11.8. The van der Waals surface area contributed by atoms with Crippen LogP contribution in [0.2, 0.25) is 0 Å². The minimum absolute atomic E-state index is 0.102. The van der Waals surface area contributed by atoms with Gasteiger partial charge in [-0.25, -0.2) is 0 Å². The maximum atomic E-state index is 12.1. The molecule has 222 valence electrons. The highest BCUT2D eigenvalue weighted by Crippen LogP contribution is 2.64. The van der Waals surface area contributed by atoms with Gasteiger partial charge in [0.2, 0.25) is 0 Å². The maximum absolute atomic E-state index is 12.1. The lowest BCUT2D eigenvalue weighted by Crippen LogP contribution is -2.17. The molecule has 1 heterocycles. The number of carbonyl (C=O) groups excluding carboxylic acids is 1. The monoisotopic (exact) mass is 567 g/mol. The van der Waals surface area contributed by atoms with Crippen molar-refractivity contribution in [1.82, 2.24) is 0 Å². The molecule has 0 aromatic heterocycles. The van der Waals surface area contributed by atoms with Crippen molar-refractivity contribution in [2.75, 3.05) is 32.2 Å². The number of nitrogens with one attached hydrogen (secondary N) is 1. The van der Waals surface area contributed by atoms with Crippen molar-refractivity contribution >= 4 is 11.7 Å². The Morgan fingerprint density at radius 1 is 1.02 bits per heavy atom. The lowest BCUT2D eigenvalue weighted by Gasteiger charge is -2.22. The quantitative estimate of drug-likeness (QED) is 0.251. The average molecular weight is 568 g/mol. The number of hydrogen-bond acceptors (Lipinski definition) is 5. The summed E-state index contributed by atoms with van der Waals surface area (Å²) in [6.45, 7) is 9.93. The van der Waals surface area contributed by atoms with Gasteiger partial charge < -0.3 is 19.5 Å². The Morgan fingerprint density at radius 2 is 1.79 bits per heavy atom. The Balaban J connectivity index is 1.13. The van der Waals surface area contributed by atoms with Crippen LogP contribution in [-0.4, -0.2) is 32.9 Å². The Hall–Kier alpha value is -3.31. The smallest absolute Gasteiger partial charge is 0.306 e. The standard InChI is InChI=1S/C37H45NO4/c1-24-18-31(42-17-12-27-10-15-41-16-11-27)19-25(2)36(24)32-7-5-6-28(26(32)3)23-38-30-8-9-33-29(20-30)22-37(13-14-37)34(33)21-35(39)40-4/h5-9,18-20,27,34,38H,10-17,21-23H2,1-4H3. The molecule has 3 aromatic carbocycles. The van der Waals surface area contributed by atoms with Gasteiger partial charge in [-0.3, -0.25) is 4.79 Å². The molecule has 5 nitrogen and oxygen atoms in total. The number of esters is 1. The molecule has 3 aliphatic rings. The summed E-state index contributed by atoms with van der Waals surface area (Å²) in [6.07, 6.45) is 7.37. The number of aryl methyl sites for hydroxylation is 2. The molecule has 1 unspecified atom stereocenters. The zero-order valence-corrected chi connectivity index (χ0v) is 25.7. The topological polar surface area (TPSA) is 56.8 Å². The molecule has 1 atom stereocenters. The molecule has 3 aromatic rings. The third-order valence-corrected chi connectivity index (χ3v) is 10.1. The summed E-state index contributed by atoms with van der Waals surface area (Å²) in [7, 11) is 1.49. The van der Waals surface area contributed by atoms with Crippen LogP contribution in [0.1, 0.15) is 77.8 Å². The third-order valence-electron chi connectivity index (χ3n) is 10.1. The van der Waals surface area contributed by atoms with Gasteiger partial charge in [0.05, 0.1) is 20.1 Å². The number of anilines is 1. The lowest BCUT2D eigenvalue weighted by molar-refractivity contribution is -0.141. The van der Waals surface area contributed by atoms with Crippen molar-refractivity contribution in [3.63, 3.8) is 0 Å². The molecule has 2 fully saturated rings. The van der Waals surface area contributed by atoms with E-state index in [2.05, 4.69) is 74.6 Å². The summed E-state index contributed by atoms with van der Waals surface area (Å²) in [5, 5.41) is 3.69. The van der Waals surface area contributed by atoms with Crippen molar-refractivity contribution in [1.29, 1.82) is 0 Å². The average Bonchev–Trinajstić information content (AvgIpc) is 3.70. The summed E-state index contributed by atoms with van der Waals surface area (Å²) in [6, 6.07) is 17.8. The number of hydrogen-bond donors (Lipinski definition) is 1. The predicted octanol–water partition coefficient (Wildman–Crippen LogP) is 8.07. The van der Waals surface area contributed by atoms with Gasteiger partial charge in [0.15, 0.2) is 0 Å². The first-order valence-electron chi connectivity index (χ1n) is 15.7. The molecule has 1 aliphatic heterocycles. The SMILES string of the molecule is COC(=O)CC1c2ccc(NCc3cccc(-c4c(C)cc(OCCC5CCOCC5)cc4C)c3C)cc2CC12CC2. The van der Waals surface area contributed by atoms with E-state index >= 15 is 0 Å². The van der Waals surface area contributed by atoms with Crippen LogP contribution in [0.5, 0.6) is 5.75 Å². The number of rotatable bonds is 10. The number of carbonyl (C=O) groups is 1. The first-order valence-corrected chi connectivity index (χ1v) is 15.7. The highest BCUT2D eigenvalue weighted by atomic mass is 16.5. The molecule has 0 amide bonds. The first-order chi connectivity index (χ1) is 20.4. The molecule has 1 spiro atoms. The van der Waals surface area contributed by atoms with Crippen LogP contribution in [0.4, 0.5) is 5.69 Å². The highest BCUT2D eigenvalue weighted by Gasteiger charge is 2.54. The van der Waals surface area contributed by atoms with E-state index in [-0.39, 0.29) is 11.4 Å². The van der Waals surface area contributed by atoms with E-state index in [1.54, 1.807) is 0 Å². The van der Waals surface area contributed by atoms with Gasteiger partial charge in [0.1, 0.15) is 5.75 Å². The second-order valence-corrected chi connectivity index (χ2v) is 12.9. The van der Waals surface area contributed by atoms with Crippen LogP contribution < -0.4 is 10.1 Å². The molecular weight excluding hydrogens is 522 g/mol. The number of methoxy groups -OCH3 is 1. The molecule has 6 rings (SSSR count). The molecule has 0 radical (unpaired) electrons. The van der Waals surface area contributed by atoms with Crippen molar-refractivity contribution < 1.29 is 19.0 Å². The van der Waals surface area contributed by atoms with E-state index in [0.717, 1.165) is 63.5 Å². The summed E-state index contributed by atoms with van der Waals surface area (Å²) in [4.78, 5) is 12.1. The number of ether oxygens (including phenoxy) is 3. The number of fused-ring (bicyclic) bond motifs is 1. The second kappa shape index (κ2) is 12.1. The van der Waals surface area contributed by atoms with E-state index in [4.69, 9.17) is 14.2 Å². The van der Waals surface area contributed by atoms with E-state index in [1.807, 2.05) is 0 Å². The van der Waals surface area contributed by atoms with E-state index < -0.39 is 0 Å². The van der Waals surface area contributed by atoms with E-state index in [9.17, 15) is 4.79 Å². The van der Waals surface area contributed by atoms with E-state index in [0.29, 0.717) is 18.3 Å². The summed E-state index contributed by atoms with van der Waals surface area (Å²) >= 11 is 0. The van der Waals surface area contributed by atoms with Gasteiger partial charge >= 0.3 is 5.97 Å². The first kappa shape index (κ1) is 28.8. The molecule has 1 N–H and O–H groups in total. The van der Waals surface area contributed by atoms with Gasteiger partial charge in [0.25, 0.3) is 0 Å². The van der Waals surface area contributed by atoms with Crippen LogP contribution in [0.25, 0.3) is 11.1 Å². The second-order valence-electron chi connectivity index (χ2n) is 12.9. The lowest BCUT2D eigenvalue weighted by atomic mass is 9.87. The normalized spacial score (nSPS) is 19.0. The predicted molar refractivity (Wildman–Crippen MR) is 168 cm³/mol. The fraction of sp³-hybridized carbons (Fsp3) is 0.486. The molecule has 1 saturated heterocycles. The van der Waals surface area contributed by atoms with Crippen molar-refractivity contribution in [3.8, 4) is 16.9 Å². The van der Waals surface area contributed by atoms with Crippen molar-refractivity contribution in [2.24, 2.45) is 11.3 Å². The third kappa shape index (κ3) is 5.94. The minimum atomic E-state index is -0.102. The highest BCUT2D eigenvalue weighted by molar-refractivity contribution is 5.76. The Kier molecular flexibility index (Phi) is 8.31. The van der Waals surface area contributed by atoms with Crippen LogP contribution >= 0.6 is 0 Å². The van der Waals surface area contributed by atoms with Gasteiger partial charge in [0, 0.05) is 31.4 Å². The molecule has 0 bridgehead atoms. The number of benzene rings is 3. The van der Waals surface area contributed by atoms with Gasteiger partial charge in [-0.2, -0.15) is 0 Å². The van der Waals surface area contributed by atoms with Crippen LogP contribution in [0.15, 0.2) is 48.5 Å². The largest absolute Gasteiger partial charge is 0.494 e. The maximum Gasteiger partial charge on any atom is 0.306 e. The van der Waals surface area contributed by atoms with Crippen molar-refractivity contribution in [3.05, 3.63) is 81.9 Å². The van der Waals surface area contributed by atoms with Crippen LogP contribution in [0.3, 0.4) is 0 Å². The summed E-state index contributed by atoms with van der Waals surface area (Å²) < 4.78 is 16.7. The Bertz CT molecular complexity index is 1430. The molecule has 1 saturated carbocycles. The summed E-state index contributed by atoms with van der Waals surface area (Å²) in [5.74, 6) is 1.88. The van der Waals surface area contributed by atoms with E-state index in [1.165, 1.54) is 64.5 Å². The van der Waals surface area contributed by atoms with Crippen LogP contribution in [-0.2, 0) is 27.2 Å². The fourth-order valence-corrected chi connectivity index (χ4v) is 7.46.